The minimum atomic E-state index is -3.92. The summed E-state index contributed by atoms with van der Waals surface area (Å²) in [6.45, 7) is 10.1. The Balaban J connectivity index is 1.24. The quantitative estimate of drug-likeness (QED) is 0.282. The molecule has 6 rings (SSSR count). The number of nitrogens with one attached hydrogen (secondary N) is 3. The lowest BCUT2D eigenvalue weighted by molar-refractivity contribution is -0.145. The lowest BCUT2D eigenvalue weighted by Crippen LogP contribution is -2.70. The fourth-order valence-electron chi connectivity index (χ4n) is 7.80. The Morgan fingerprint density at radius 1 is 1.08 bits per heavy atom. The predicted octanol–water partition coefficient (Wildman–Crippen LogP) is 3.28. The third kappa shape index (κ3) is 8.62. The van der Waals surface area contributed by atoms with Gasteiger partial charge in [-0.25, -0.2) is 18.0 Å². The number of ether oxygens (including phenoxy) is 2. The Morgan fingerprint density at radius 2 is 1.81 bits per heavy atom. The van der Waals surface area contributed by atoms with Crippen LogP contribution in [0, 0.1) is 17.3 Å². The average molecular weight is 757 g/mol. The van der Waals surface area contributed by atoms with Crippen LogP contribution in [0.2, 0.25) is 0 Å². The zero-order valence-corrected chi connectivity index (χ0v) is 31.6. The molecule has 3 saturated carbocycles. The van der Waals surface area contributed by atoms with E-state index in [2.05, 4.69) is 26.9 Å². The van der Waals surface area contributed by atoms with Crippen LogP contribution < -0.4 is 15.4 Å². The van der Waals surface area contributed by atoms with E-state index in [-0.39, 0.29) is 43.9 Å². The number of sulfonamides is 1. The molecule has 1 aromatic heterocycles. The summed E-state index contributed by atoms with van der Waals surface area (Å²) in [5, 5.41) is 4.97. The van der Waals surface area contributed by atoms with Gasteiger partial charge >= 0.3 is 12.2 Å². The van der Waals surface area contributed by atoms with Crippen LogP contribution in [0.4, 0.5) is 9.59 Å². The number of aromatic nitrogens is 1. The van der Waals surface area contributed by atoms with Crippen LogP contribution in [-0.4, -0.2) is 95.2 Å². The number of pyridine rings is 1. The molecular weight excluding hydrogens is 705 g/mol. The van der Waals surface area contributed by atoms with Crippen LogP contribution in [-0.2, 0) is 47.0 Å². The van der Waals surface area contributed by atoms with E-state index < -0.39 is 74.8 Å². The first-order valence-electron chi connectivity index (χ1n) is 18.7. The first-order valence-corrected chi connectivity index (χ1v) is 20.3. The van der Waals surface area contributed by atoms with E-state index >= 15 is 0 Å². The number of carbonyl (C=O) groups excluding carboxylic acids is 5. The second kappa shape index (κ2) is 15.3. The molecule has 3 N–H and O–H groups in total. The maximum Gasteiger partial charge on any atom is 0.410 e. The summed E-state index contributed by atoms with van der Waals surface area (Å²) in [6, 6.07) is 1.46. The number of nitrogens with zero attached hydrogens (tertiary/aromatic N) is 3. The minimum Gasteiger partial charge on any atom is -0.449 e. The summed E-state index contributed by atoms with van der Waals surface area (Å²) in [4.78, 5) is 76.4. The van der Waals surface area contributed by atoms with Gasteiger partial charge in [-0.3, -0.25) is 29.0 Å². The molecule has 0 bridgehead atoms. The highest BCUT2D eigenvalue weighted by Crippen LogP contribution is 2.41. The van der Waals surface area contributed by atoms with Gasteiger partial charge in [0.2, 0.25) is 21.8 Å². The first kappa shape index (κ1) is 38.5. The van der Waals surface area contributed by atoms with Gasteiger partial charge in [-0.15, -0.1) is 6.58 Å². The number of hydrogen-bond donors (Lipinski definition) is 3. The molecule has 3 heterocycles. The lowest BCUT2D eigenvalue weighted by atomic mass is 9.66. The highest BCUT2D eigenvalue weighted by molar-refractivity contribution is 7.91. The smallest absolute Gasteiger partial charge is 0.410 e. The van der Waals surface area contributed by atoms with Crippen LogP contribution in [0.25, 0.3) is 0 Å². The number of carbonyl (C=O) groups is 5. The summed E-state index contributed by atoms with van der Waals surface area (Å²) in [7, 11) is -3.92. The molecule has 1 saturated heterocycles. The number of amides is 5. The third-order valence-corrected chi connectivity index (χ3v) is 12.9. The van der Waals surface area contributed by atoms with E-state index in [9.17, 15) is 32.4 Å². The van der Waals surface area contributed by atoms with Gasteiger partial charge in [-0.05, 0) is 61.5 Å². The van der Waals surface area contributed by atoms with Crippen LogP contribution in [0.15, 0.2) is 31.0 Å². The SMILES string of the molecule is C=C[C@@H]1CC[C@]1(NC(=O)[C@@H]1C[C@@H](OC(=O)N2Cc3cccnc3C2)CN1C(=O)[C@@H](NC(=O)OCC(C)(C)C)C1CCCCC1)C(=O)NS(=O)(=O)C1CC1. The van der Waals surface area contributed by atoms with E-state index in [1.54, 1.807) is 12.3 Å². The number of fused-ring (bicyclic) bond motifs is 1. The summed E-state index contributed by atoms with van der Waals surface area (Å²) in [5.41, 5.74) is -0.256. The molecule has 16 heteroatoms. The molecule has 4 fully saturated rings. The minimum absolute atomic E-state index is 0.0783. The average Bonchev–Trinajstić information content (AvgIpc) is 3.76. The molecule has 53 heavy (non-hydrogen) atoms. The predicted molar refractivity (Wildman–Crippen MR) is 192 cm³/mol. The van der Waals surface area contributed by atoms with Gasteiger partial charge in [0.15, 0.2) is 0 Å². The molecule has 1 aromatic rings. The standard InChI is InChI=1S/C37H52N6O9S/c1-5-25-15-16-37(25,33(46)41-53(49,50)27-13-14-27)40-31(44)29-18-26(52-35(48)42-19-24-12-9-17-38-28(24)21-42)20-43(29)32(45)30(23-10-7-6-8-11-23)39-34(47)51-22-36(2,3)4/h5,9,12,17,23,25-27,29-30H,1,6-8,10-11,13-16,18-22H2,2-4H3,(H,39,47)(H,40,44)(H,41,46)/t25-,26-,29+,30+,37-/m1/s1. The molecule has 5 aliphatic rings. The molecule has 3 aliphatic carbocycles. The van der Waals surface area contributed by atoms with Gasteiger partial charge in [-0.1, -0.05) is 52.2 Å². The normalized spacial score (nSPS) is 26.4. The van der Waals surface area contributed by atoms with Gasteiger partial charge in [0, 0.05) is 18.5 Å². The molecule has 2 aliphatic heterocycles. The zero-order chi connectivity index (χ0) is 38.1. The Hall–Kier alpha value is -4.21. The Labute approximate surface area is 311 Å². The van der Waals surface area contributed by atoms with Crippen LogP contribution in [0.5, 0.6) is 0 Å². The van der Waals surface area contributed by atoms with Crippen molar-refractivity contribution in [1.29, 1.82) is 0 Å². The maximum atomic E-state index is 14.6. The summed E-state index contributed by atoms with van der Waals surface area (Å²) in [6.07, 6.45) is 6.49. The van der Waals surface area contributed by atoms with Crippen LogP contribution in [0.1, 0.15) is 96.2 Å². The summed E-state index contributed by atoms with van der Waals surface area (Å²) in [5.74, 6) is -2.85. The molecule has 0 unspecified atom stereocenters. The highest BCUT2D eigenvalue weighted by Gasteiger charge is 2.56. The summed E-state index contributed by atoms with van der Waals surface area (Å²) < 4.78 is 39.2. The summed E-state index contributed by atoms with van der Waals surface area (Å²) >= 11 is 0. The van der Waals surface area contributed by atoms with Crippen LogP contribution >= 0.6 is 0 Å². The van der Waals surface area contributed by atoms with E-state index in [0.29, 0.717) is 38.6 Å². The Bertz CT molecular complexity index is 1700. The van der Waals surface area contributed by atoms with Crippen molar-refractivity contribution >= 4 is 39.9 Å². The maximum absolute atomic E-state index is 14.6. The van der Waals surface area contributed by atoms with Crippen LogP contribution in [0.3, 0.4) is 0 Å². The van der Waals surface area contributed by atoms with Gasteiger partial charge in [-0.2, -0.15) is 0 Å². The van der Waals surface area contributed by atoms with Gasteiger partial charge in [0.25, 0.3) is 5.91 Å². The molecule has 0 radical (unpaired) electrons. The van der Waals surface area contributed by atoms with Gasteiger partial charge in [0.1, 0.15) is 23.7 Å². The van der Waals surface area contributed by atoms with Crippen molar-refractivity contribution < 1.29 is 41.9 Å². The Kier molecular flexibility index (Phi) is 11.1. The van der Waals surface area contributed by atoms with Crippen molar-refractivity contribution in [2.45, 2.75) is 127 Å². The van der Waals surface area contributed by atoms with E-state index in [4.69, 9.17) is 9.47 Å². The number of alkyl carbamates (subject to hydrolysis) is 1. The molecule has 0 spiro atoms. The molecule has 0 aromatic carbocycles. The fourth-order valence-corrected chi connectivity index (χ4v) is 9.16. The second-order valence-corrected chi connectivity index (χ2v) is 18.3. The number of likely N-dealkylation sites (tertiary alicyclic amines) is 1. The highest BCUT2D eigenvalue weighted by atomic mass is 32.2. The molecule has 5 atom stereocenters. The van der Waals surface area contributed by atoms with Gasteiger partial charge < -0.3 is 25.0 Å². The first-order chi connectivity index (χ1) is 25.1. The third-order valence-electron chi connectivity index (χ3n) is 11.1. The second-order valence-electron chi connectivity index (χ2n) is 16.4. The van der Waals surface area contributed by atoms with Crippen molar-refractivity contribution in [2.75, 3.05) is 13.2 Å². The molecule has 15 nitrogen and oxygen atoms in total. The largest absolute Gasteiger partial charge is 0.449 e. The fraction of sp³-hybridized carbons (Fsp3) is 0.676. The molecule has 290 valence electrons. The van der Waals surface area contributed by atoms with Crippen molar-refractivity contribution in [3.8, 4) is 0 Å². The van der Waals surface area contributed by atoms with E-state index in [1.165, 1.54) is 15.9 Å². The van der Waals surface area contributed by atoms with Crippen molar-refractivity contribution in [3.63, 3.8) is 0 Å². The Morgan fingerprint density at radius 3 is 2.43 bits per heavy atom. The number of rotatable bonds is 11. The van der Waals surface area contributed by atoms with Crippen molar-refractivity contribution in [3.05, 3.63) is 42.2 Å². The number of hydrogen-bond acceptors (Lipinski definition) is 10. The van der Waals surface area contributed by atoms with Crippen molar-refractivity contribution in [1.82, 2.24) is 30.1 Å². The lowest BCUT2D eigenvalue weighted by Gasteiger charge is -2.47. The molecule has 5 amide bonds. The topological polar surface area (TPSA) is 193 Å². The van der Waals surface area contributed by atoms with Crippen molar-refractivity contribution in [2.24, 2.45) is 17.3 Å². The zero-order valence-electron chi connectivity index (χ0n) is 30.8. The monoisotopic (exact) mass is 756 g/mol. The molecular formula is C37H52N6O9S. The van der Waals surface area contributed by atoms with Gasteiger partial charge in [0.05, 0.1) is 37.2 Å². The van der Waals surface area contributed by atoms with E-state index in [0.717, 1.165) is 30.5 Å². The van der Waals surface area contributed by atoms with E-state index in [1.807, 2.05) is 26.8 Å².